The van der Waals surface area contributed by atoms with E-state index in [9.17, 15) is 14.4 Å². The van der Waals surface area contributed by atoms with E-state index in [0.717, 1.165) is 12.8 Å². The van der Waals surface area contributed by atoms with Gasteiger partial charge >= 0.3 is 11.9 Å². The second-order valence-corrected chi connectivity index (χ2v) is 4.31. The lowest BCUT2D eigenvalue weighted by Gasteiger charge is -2.16. The van der Waals surface area contributed by atoms with E-state index in [1.807, 2.05) is 0 Å². The second kappa shape index (κ2) is 5.65. The van der Waals surface area contributed by atoms with Crippen molar-refractivity contribution in [2.75, 3.05) is 7.11 Å². The third-order valence-corrected chi connectivity index (χ3v) is 2.96. The molecule has 1 aliphatic carbocycles. The largest absolute Gasteiger partial charge is 0.480 e. The number of aliphatic carboxylic acids is 1. The van der Waals surface area contributed by atoms with Gasteiger partial charge in [-0.05, 0) is 18.8 Å². The zero-order chi connectivity index (χ0) is 13.0. The van der Waals surface area contributed by atoms with Crippen molar-refractivity contribution in [1.82, 2.24) is 5.32 Å². The number of hydrogen-bond donors (Lipinski definition) is 2. The monoisotopic (exact) mass is 243 g/mol. The average molecular weight is 243 g/mol. The Labute approximate surface area is 99.3 Å². The molecule has 0 radical (unpaired) electrons. The van der Waals surface area contributed by atoms with Crippen LogP contribution in [0.15, 0.2) is 0 Å². The summed E-state index contributed by atoms with van der Waals surface area (Å²) >= 11 is 0. The molecule has 2 atom stereocenters. The highest BCUT2D eigenvalue weighted by molar-refractivity contribution is 5.88. The Bertz CT molecular complexity index is 324. The van der Waals surface area contributed by atoms with E-state index in [4.69, 9.17) is 5.11 Å². The van der Waals surface area contributed by atoms with Gasteiger partial charge in [-0.3, -0.25) is 9.59 Å². The molecular formula is C11H17NO5. The molecule has 0 aromatic heterocycles. The molecular weight excluding hydrogens is 226 g/mol. The van der Waals surface area contributed by atoms with Crippen molar-refractivity contribution in [3.63, 3.8) is 0 Å². The maximum atomic E-state index is 11.7. The number of hydrogen-bond acceptors (Lipinski definition) is 4. The highest BCUT2D eigenvalue weighted by Gasteiger charge is 2.34. The lowest BCUT2D eigenvalue weighted by Crippen LogP contribution is -2.44. The molecule has 1 amide bonds. The summed E-state index contributed by atoms with van der Waals surface area (Å²) in [6.07, 6.45) is 1.65. The Morgan fingerprint density at radius 2 is 2.00 bits per heavy atom. The van der Waals surface area contributed by atoms with Crippen molar-refractivity contribution in [2.45, 2.75) is 32.2 Å². The molecule has 1 saturated carbocycles. The van der Waals surface area contributed by atoms with Crippen LogP contribution < -0.4 is 5.32 Å². The van der Waals surface area contributed by atoms with Crippen LogP contribution in [-0.2, 0) is 19.1 Å². The van der Waals surface area contributed by atoms with Crippen molar-refractivity contribution >= 4 is 17.8 Å². The third kappa shape index (κ3) is 4.05. The number of carbonyl (C=O) groups excluding carboxylic acids is 2. The molecule has 0 bridgehead atoms. The molecule has 1 aliphatic rings. The van der Waals surface area contributed by atoms with Crippen molar-refractivity contribution in [3.05, 3.63) is 0 Å². The zero-order valence-corrected chi connectivity index (χ0v) is 9.93. The number of amides is 1. The van der Waals surface area contributed by atoms with Crippen LogP contribution in [0.5, 0.6) is 0 Å². The number of rotatable bonds is 6. The van der Waals surface area contributed by atoms with Gasteiger partial charge in [0, 0.05) is 5.92 Å². The minimum Gasteiger partial charge on any atom is -0.480 e. The van der Waals surface area contributed by atoms with Crippen LogP contribution >= 0.6 is 0 Å². The fourth-order valence-corrected chi connectivity index (χ4v) is 1.56. The first kappa shape index (κ1) is 13.5. The van der Waals surface area contributed by atoms with Gasteiger partial charge in [-0.1, -0.05) is 6.92 Å². The Morgan fingerprint density at radius 1 is 1.41 bits per heavy atom. The summed E-state index contributed by atoms with van der Waals surface area (Å²) in [5, 5.41) is 11.2. The fourth-order valence-electron chi connectivity index (χ4n) is 1.56. The number of carbonyl (C=O) groups is 3. The molecule has 0 heterocycles. The summed E-state index contributed by atoms with van der Waals surface area (Å²) in [5.74, 6) is -2.05. The van der Waals surface area contributed by atoms with Gasteiger partial charge in [0.05, 0.1) is 13.5 Å². The van der Waals surface area contributed by atoms with E-state index in [2.05, 4.69) is 10.1 Å². The summed E-state index contributed by atoms with van der Waals surface area (Å²) in [6, 6.07) is -1.21. The van der Waals surface area contributed by atoms with E-state index < -0.39 is 18.0 Å². The minimum absolute atomic E-state index is 0.200. The molecule has 6 nitrogen and oxygen atoms in total. The molecule has 0 spiro atoms. The standard InChI is InChI=1S/C11H17NO5/c1-6(7-3-4-7)10(14)12-8(11(15)16)5-9(13)17-2/h6-8H,3-5H2,1-2H3,(H,12,14)(H,15,16)/t6?,8-/m0/s1. The maximum Gasteiger partial charge on any atom is 0.326 e. The van der Waals surface area contributed by atoms with Gasteiger partial charge in [0.2, 0.25) is 5.91 Å². The average Bonchev–Trinajstić information content (AvgIpc) is 3.10. The zero-order valence-electron chi connectivity index (χ0n) is 9.93. The van der Waals surface area contributed by atoms with Crippen LogP contribution in [0.3, 0.4) is 0 Å². The Kier molecular flexibility index (Phi) is 4.48. The molecule has 1 rings (SSSR count). The summed E-state index contributed by atoms with van der Waals surface area (Å²) in [6.45, 7) is 1.77. The molecule has 0 aliphatic heterocycles. The van der Waals surface area contributed by atoms with Crippen LogP contribution in [0.1, 0.15) is 26.2 Å². The molecule has 96 valence electrons. The van der Waals surface area contributed by atoms with Gasteiger partial charge in [0.15, 0.2) is 0 Å². The van der Waals surface area contributed by atoms with E-state index in [0.29, 0.717) is 5.92 Å². The number of nitrogens with one attached hydrogen (secondary N) is 1. The van der Waals surface area contributed by atoms with Gasteiger partial charge in [0.25, 0.3) is 0 Å². The van der Waals surface area contributed by atoms with Crippen LogP contribution in [0.2, 0.25) is 0 Å². The Morgan fingerprint density at radius 3 is 2.41 bits per heavy atom. The maximum absolute atomic E-state index is 11.7. The molecule has 1 fully saturated rings. The van der Waals surface area contributed by atoms with Gasteiger partial charge in [-0.2, -0.15) is 0 Å². The van der Waals surface area contributed by atoms with Crippen LogP contribution in [0, 0.1) is 11.8 Å². The number of ether oxygens (including phenoxy) is 1. The van der Waals surface area contributed by atoms with Crippen molar-refractivity contribution in [3.8, 4) is 0 Å². The minimum atomic E-state index is -1.23. The van der Waals surface area contributed by atoms with Gasteiger partial charge in [0.1, 0.15) is 6.04 Å². The molecule has 0 aromatic carbocycles. The van der Waals surface area contributed by atoms with E-state index in [1.54, 1.807) is 6.92 Å². The first-order valence-corrected chi connectivity index (χ1v) is 5.55. The lowest BCUT2D eigenvalue weighted by atomic mass is 10.0. The normalized spacial score (nSPS) is 18.0. The predicted molar refractivity (Wildman–Crippen MR) is 58.1 cm³/mol. The molecule has 6 heteroatoms. The summed E-state index contributed by atoms with van der Waals surface area (Å²) < 4.78 is 4.38. The number of carboxylic acid groups (broad SMARTS) is 1. The van der Waals surface area contributed by atoms with E-state index >= 15 is 0 Å². The van der Waals surface area contributed by atoms with Crippen molar-refractivity contribution in [2.24, 2.45) is 11.8 Å². The first-order chi connectivity index (χ1) is 7.95. The smallest absolute Gasteiger partial charge is 0.326 e. The number of carboxylic acids is 1. The summed E-state index contributed by atoms with van der Waals surface area (Å²) in [7, 11) is 1.18. The second-order valence-electron chi connectivity index (χ2n) is 4.31. The van der Waals surface area contributed by atoms with Gasteiger partial charge < -0.3 is 15.2 Å². The Balaban J connectivity index is 2.50. The van der Waals surface area contributed by atoms with Crippen LogP contribution in [0.4, 0.5) is 0 Å². The summed E-state index contributed by atoms with van der Waals surface area (Å²) in [4.78, 5) is 33.5. The van der Waals surface area contributed by atoms with E-state index in [1.165, 1.54) is 7.11 Å². The van der Waals surface area contributed by atoms with Crippen molar-refractivity contribution in [1.29, 1.82) is 0 Å². The molecule has 2 N–H and O–H groups in total. The van der Waals surface area contributed by atoms with Crippen LogP contribution in [0.25, 0.3) is 0 Å². The summed E-state index contributed by atoms with van der Waals surface area (Å²) in [5.41, 5.74) is 0. The number of esters is 1. The van der Waals surface area contributed by atoms with Crippen molar-refractivity contribution < 1.29 is 24.2 Å². The molecule has 0 saturated heterocycles. The lowest BCUT2D eigenvalue weighted by molar-refractivity contribution is -0.149. The highest BCUT2D eigenvalue weighted by atomic mass is 16.5. The predicted octanol–water partition coefficient (Wildman–Crippen LogP) is 0.165. The molecule has 1 unspecified atom stereocenters. The fraction of sp³-hybridized carbons (Fsp3) is 0.727. The molecule has 17 heavy (non-hydrogen) atoms. The topological polar surface area (TPSA) is 92.7 Å². The Hall–Kier alpha value is -1.59. The quantitative estimate of drug-likeness (QED) is 0.648. The first-order valence-electron chi connectivity index (χ1n) is 5.55. The highest BCUT2D eigenvalue weighted by Crippen LogP contribution is 2.36. The van der Waals surface area contributed by atoms with Gasteiger partial charge in [-0.15, -0.1) is 0 Å². The van der Waals surface area contributed by atoms with Crippen LogP contribution in [-0.4, -0.2) is 36.1 Å². The van der Waals surface area contributed by atoms with E-state index in [-0.39, 0.29) is 18.2 Å². The third-order valence-electron chi connectivity index (χ3n) is 2.96. The SMILES string of the molecule is COC(=O)C[C@H](NC(=O)C(C)C1CC1)C(=O)O. The molecule has 0 aromatic rings. The number of methoxy groups -OCH3 is 1. The van der Waals surface area contributed by atoms with Gasteiger partial charge in [-0.25, -0.2) is 4.79 Å².